The molecule has 1 aromatic heterocycles. The summed E-state index contributed by atoms with van der Waals surface area (Å²) in [4.78, 5) is 24.2. The van der Waals surface area contributed by atoms with Crippen LogP contribution in [0.5, 0.6) is 0 Å². The first-order chi connectivity index (χ1) is 13.0. The summed E-state index contributed by atoms with van der Waals surface area (Å²) >= 11 is 0. The molecular formula is C21H21N3O3. The Bertz CT molecular complexity index is 960. The highest BCUT2D eigenvalue weighted by atomic mass is 16.5. The van der Waals surface area contributed by atoms with E-state index in [-0.39, 0.29) is 6.61 Å². The fourth-order valence-electron chi connectivity index (χ4n) is 2.73. The zero-order chi connectivity index (χ0) is 19.4. The van der Waals surface area contributed by atoms with Crippen molar-refractivity contribution in [2.24, 2.45) is 0 Å². The van der Waals surface area contributed by atoms with E-state index in [1.807, 2.05) is 45.0 Å². The highest BCUT2D eigenvalue weighted by molar-refractivity contribution is 5.96. The van der Waals surface area contributed by atoms with Gasteiger partial charge in [0.05, 0.1) is 28.3 Å². The first-order valence-electron chi connectivity index (χ1n) is 8.61. The van der Waals surface area contributed by atoms with Crippen molar-refractivity contribution >= 4 is 17.6 Å². The molecule has 2 aromatic carbocycles. The van der Waals surface area contributed by atoms with E-state index in [2.05, 4.69) is 10.4 Å². The van der Waals surface area contributed by atoms with Gasteiger partial charge in [0.15, 0.2) is 6.61 Å². The third kappa shape index (κ3) is 4.23. The quantitative estimate of drug-likeness (QED) is 0.703. The van der Waals surface area contributed by atoms with E-state index in [4.69, 9.17) is 4.74 Å². The minimum atomic E-state index is -0.533. The molecule has 6 nitrogen and oxygen atoms in total. The predicted molar refractivity (Wildman–Crippen MR) is 103 cm³/mol. The molecule has 3 rings (SSSR count). The predicted octanol–water partition coefficient (Wildman–Crippen LogP) is 3.59. The van der Waals surface area contributed by atoms with Gasteiger partial charge in [-0.25, -0.2) is 9.48 Å². The third-order valence-corrected chi connectivity index (χ3v) is 4.18. The van der Waals surface area contributed by atoms with Crippen LogP contribution >= 0.6 is 0 Å². The fourth-order valence-corrected chi connectivity index (χ4v) is 2.73. The number of aromatic nitrogens is 2. The molecular weight excluding hydrogens is 342 g/mol. The lowest BCUT2D eigenvalue weighted by molar-refractivity contribution is -0.119. The van der Waals surface area contributed by atoms with Gasteiger partial charge in [0.25, 0.3) is 5.91 Å². The Balaban J connectivity index is 1.67. The molecule has 3 aromatic rings. The second kappa shape index (κ2) is 7.86. The molecule has 0 saturated carbocycles. The van der Waals surface area contributed by atoms with E-state index in [1.54, 1.807) is 35.0 Å². The second-order valence-electron chi connectivity index (χ2n) is 6.28. The Morgan fingerprint density at radius 3 is 2.33 bits per heavy atom. The number of carbonyl (C=O) groups is 2. The third-order valence-electron chi connectivity index (χ3n) is 4.18. The molecule has 0 unspecified atom stereocenters. The van der Waals surface area contributed by atoms with Crippen LogP contribution in [-0.2, 0) is 9.53 Å². The maximum absolute atomic E-state index is 12.2. The van der Waals surface area contributed by atoms with Crippen molar-refractivity contribution in [3.05, 3.63) is 77.1 Å². The van der Waals surface area contributed by atoms with Crippen LogP contribution < -0.4 is 5.32 Å². The van der Waals surface area contributed by atoms with Crippen LogP contribution in [0.1, 0.15) is 27.3 Å². The van der Waals surface area contributed by atoms with Crippen molar-refractivity contribution < 1.29 is 14.3 Å². The Kier molecular flexibility index (Phi) is 5.35. The van der Waals surface area contributed by atoms with Gasteiger partial charge in [-0.15, -0.1) is 0 Å². The van der Waals surface area contributed by atoms with Crippen molar-refractivity contribution in [1.29, 1.82) is 0 Å². The molecule has 0 fully saturated rings. The number of hydrogen-bond donors (Lipinski definition) is 1. The summed E-state index contributed by atoms with van der Waals surface area (Å²) in [5.41, 5.74) is 4.60. The minimum Gasteiger partial charge on any atom is -0.452 e. The molecule has 1 heterocycles. The van der Waals surface area contributed by atoms with Crippen molar-refractivity contribution in [3.63, 3.8) is 0 Å². The van der Waals surface area contributed by atoms with Gasteiger partial charge in [-0.2, -0.15) is 5.10 Å². The molecule has 1 N–H and O–H groups in total. The van der Waals surface area contributed by atoms with E-state index in [1.165, 1.54) is 0 Å². The van der Waals surface area contributed by atoms with Gasteiger partial charge in [0.1, 0.15) is 0 Å². The molecule has 0 bridgehead atoms. The zero-order valence-electron chi connectivity index (χ0n) is 15.5. The lowest BCUT2D eigenvalue weighted by Gasteiger charge is -2.08. The lowest BCUT2D eigenvalue weighted by Crippen LogP contribution is -2.21. The first kappa shape index (κ1) is 18.4. The molecule has 0 aliphatic heterocycles. The van der Waals surface area contributed by atoms with E-state index < -0.39 is 11.9 Å². The molecule has 138 valence electrons. The molecule has 27 heavy (non-hydrogen) atoms. The van der Waals surface area contributed by atoms with Crippen molar-refractivity contribution in [2.45, 2.75) is 20.8 Å². The van der Waals surface area contributed by atoms with Crippen LogP contribution in [-0.4, -0.2) is 28.3 Å². The molecule has 0 radical (unpaired) electrons. The molecule has 6 heteroatoms. The van der Waals surface area contributed by atoms with Gasteiger partial charge in [-0.05, 0) is 45.0 Å². The number of anilines is 1. The largest absolute Gasteiger partial charge is 0.452 e. The van der Waals surface area contributed by atoms with Gasteiger partial charge in [-0.1, -0.05) is 35.9 Å². The van der Waals surface area contributed by atoms with Crippen LogP contribution in [0.2, 0.25) is 0 Å². The average Bonchev–Trinajstić information content (AvgIpc) is 2.95. The molecule has 0 saturated heterocycles. The number of benzene rings is 2. The highest BCUT2D eigenvalue weighted by Gasteiger charge is 2.16. The average molecular weight is 363 g/mol. The van der Waals surface area contributed by atoms with Gasteiger partial charge in [0, 0.05) is 0 Å². The number of carbonyl (C=O) groups excluding carboxylic acids is 2. The van der Waals surface area contributed by atoms with E-state index in [0.717, 1.165) is 16.9 Å². The van der Waals surface area contributed by atoms with Crippen LogP contribution in [0.3, 0.4) is 0 Å². The van der Waals surface area contributed by atoms with Crippen LogP contribution in [0.15, 0.2) is 54.6 Å². The van der Waals surface area contributed by atoms with Crippen molar-refractivity contribution in [1.82, 2.24) is 9.78 Å². The van der Waals surface area contributed by atoms with Gasteiger partial charge < -0.3 is 10.1 Å². The second-order valence-corrected chi connectivity index (χ2v) is 6.28. The fraction of sp³-hybridized carbons (Fsp3) is 0.190. The summed E-state index contributed by atoms with van der Waals surface area (Å²) in [5, 5.41) is 7.29. The maximum atomic E-state index is 12.2. The number of nitrogens with one attached hydrogen (secondary N) is 1. The van der Waals surface area contributed by atoms with Crippen LogP contribution in [0, 0.1) is 20.8 Å². The van der Waals surface area contributed by atoms with Gasteiger partial charge in [0.2, 0.25) is 0 Å². The SMILES string of the molecule is Cc1ccc(-n2nc(C)c(NC(=O)COC(=O)c3ccccc3)c2C)cc1. The van der Waals surface area contributed by atoms with Gasteiger partial charge in [-0.3, -0.25) is 4.79 Å². The molecule has 0 aliphatic rings. The number of amides is 1. The number of rotatable bonds is 5. The Labute approximate surface area is 157 Å². The summed E-state index contributed by atoms with van der Waals surface area (Å²) < 4.78 is 6.85. The molecule has 1 amide bonds. The summed E-state index contributed by atoms with van der Waals surface area (Å²) in [5.74, 6) is -0.941. The minimum absolute atomic E-state index is 0.359. The molecule has 0 aliphatic carbocycles. The number of ether oxygens (including phenoxy) is 1. The lowest BCUT2D eigenvalue weighted by atomic mass is 10.2. The smallest absolute Gasteiger partial charge is 0.338 e. The number of esters is 1. The highest BCUT2D eigenvalue weighted by Crippen LogP contribution is 2.23. The standard InChI is InChI=1S/C21H21N3O3/c1-14-9-11-18(12-10-14)24-16(3)20(15(2)23-24)22-19(25)13-27-21(26)17-7-5-4-6-8-17/h4-12H,13H2,1-3H3,(H,22,25). The van der Waals surface area contributed by atoms with Gasteiger partial charge >= 0.3 is 5.97 Å². The molecule has 0 atom stereocenters. The van der Waals surface area contributed by atoms with E-state index in [0.29, 0.717) is 16.9 Å². The normalized spacial score (nSPS) is 10.5. The van der Waals surface area contributed by atoms with Crippen LogP contribution in [0.4, 0.5) is 5.69 Å². The summed E-state index contributed by atoms with van der Waals surface area (Å²) in [7, 11) is 0. The van der Waals surface area contributed by atoms with Crippen molar-refractivity contribution in [3.8, 4) is 5.69 Å². The van der Waals surface area contributed by atoms with Crippen molar-refractivity contribution in [2.75, 3.05) is 11.9 Å². The maximum Gasteiger partial charge on any atom is 0.338 e. The number of hydrogen-bond acceptors (Lipinski definition) is 4. The summed E-state index contributed by atoms with van der Waals surface area (Å²) in [6, 6.07) is 16.5. The van der Waals surface area contributed by atoms with E-state index in [9.17, 15) is 9.59 Å². The topological polar surface area (TPSA) is 73.2 Å². The number of nitrogens with zero attached hydrogens (tertiary/aromatic N) is 2. The number of aryl methyl sites for hydroxylation is 2. The Morgan fingerprint density at radius 2 is 1.67 bits per heavy atom. The zero-order valence-corrected chi connectivity index (χ0v) is 15.5. The summed E-state index contributed by atoms with van der Waals surface area (Å²) in [6.45, 7) is 5.37. The van der Waals surface area contributed by atoms with Crippen LogP contribution in [0.25, 0.3) is 5.69 Å². The Morgan fingerprint density at radius 1 is 1.00 bits per heavy atom. The first-order valence-corrected chi connectivity index (χ1v) is 8.61. The molecule has 0 spiro atoms. The monoisotopic (exact) mass is 363 g/mol. The Hall–Kier alpha value is -3.41. The van der Waals surface area contributed by atoms with E-state index >= 15 is 0 Å². The summed E-state index contributed by atoms with van der Waals surface area (Å²) in [6.07, 6.45) is 0.